The minimum absolute atomic E-state index is 0.122. The highest BCUT2D eigenvalue weighted by atomic mass is 79.9. The largest absolute Gasteiger partial charge is 0.504 e. The van der Waals surface area contributed by atoms with Gasteiger partial charge in [0.2, 0.25) is 0 Å². The van der Waals surface area contributed by atoms with Crippen LogP contribution in [0.25, 0.3) is 0 Å². The molecule has 0 fully saturated rings. The van der Waals surface area contributed by atoms with Crippen molar-refractivity contribution in [1.29, 1.82) is 0 Å². The molecule has 6 heteroatoms. The highest BCUT2D eigenvalue weighted by Crippen LogP contribution is 2.39. The molecule has 0 aliphatic carbocycles. The van der Waals surface area contributed by atoms with Crippen molar-refractivity contribution in [1.82, 2.24) is 5.32 Å². The van der Waals surface area contributed by atoms with Crippen LogP contribution in [0.5, 0.6) is 17.2 Å². The number of nitrogens with zero attached hydrogens (tertiary/aromatic N) is 1. The van der Waals surface area contributed by atoms with E-state index in [9.17, 15) is 5.11 Å². The van der Waals surface area contributed by atoms with Gasteiger partial charge in [0.15, 0.2) is 11.5 Å². The molecule has 0 radical (unpaired) electrons. The Bertz CT molecular complexity index is 1070. The molecule has 3 aromatic rings. The Morgan fingerprint density at radius 1 is 1.06 bits per heavy atom. The van der Waals surface area contributed by atoms with E-state index in [4.69, 9.17) is 14.5 Å². The van der Waals surface area contributed by atoms with Crippen LogP contribution in [0, 0.1) is 0 Å². The maximum absolute atomic E-state index is 10.9. The van der Waals surface area contributed by atoms with Gasteiger partial charge in [-0.1, -0.05) is 40.2 Å². The molecule has 31 heavy (non-hydrogen) atoms. The van der Waals surface area contributed by atoms with Gasteiger partial charge in [-0.05, 0) is 60.5 Å². The van der Waals surface area contributed by atoms with Crippen molar-refractivity contribution in [2.24, 2.45) is 4.99 Å². The van der Waals surface area contributed by atoms with Gasteiger partial charge in [0.05, 0.1) is 13.7 Å². The van der Waals surface area contributed by atoms with Crippen molar-refractivity contribution < 1.29 is 14.6 Å². The number of aromatic hydroxyl groups is 1. The summed E-state index contributed by atoms with van der Waals surface area (Å²) in [5, 5.41) is 14.5. The van der Waals surface area contributed by atoms with Crippen LogP contribution >= 0.6 is 15.9 Å². The van der Waals surface area contributed by atoms with E-state index in [1.165, 1.54) is 0 Å². The van der Waals surface area contributed by atoms with Crippen LogP contribution in [0.1, 0.15) is 42.2 Å². The number of phenolic OH excluding ortho intramolecular Hbond substituents is 1. The van der Waals surface area contributed by atoms with Crippen molar-refractivity contribution in [2.45, 2.75) is 25.6 Å². The lowest BCUT2D eigenvalue weighted by Gasteiger charge is -2.31. The molecule has 0 saturated carbocycles. The number of aliphatic imine (C=N–C) groups is 1. The highest BCUT2D eigenvalue weighted by molar-refractivity contribution is 9.10. The van der Waals surface area contributed by atoms with E-state index in [0.717, 1.165) is 32.6 Å². The van der Waals surface area contributed by atoms with E-state index in [1.807, 2.05) is 55.5 Å². The number of rotatable bonds is 6. The van der Waals surface area contributed by atoms with Crippen LogP contribution in [-0.2, 0) is 0 Å². The molecule has 3 aromatic carbocycles. The predicted octanol–water partition coefficient (Wildman–Crippen LogP) is 5.78. The van der Waals surface area contributed by atoms with Gasteiger partial charge in [-0.15, -0.1) is 0 Å². The van der Waals surface area contributed by atoms with Crippen molar-refractivity contribution in [3.8, 4) is 17.2 Å². The van der Waals surface area contributed by atoms with Crippen molar-refractivity contribution >= 4 is 21.6 Å². The fourth-order valence-electron chi connectivity index (χ4n) is 3.77. The average Bonchev–Trinajstić information content (AvgIpc) is 2.81. The Hall–Kier alpha value is -2.83. The minimum atomic E-state index is -0.237. The SMILES string of the molecule is CCOc1cccc([C@H]2CC(c3ccc(OC)cc3)=N[C@@H](c3ccc(Br)cc3)N2)c1O. The van der Waals surface area contributed by atoms with Gasteiger partial charge in [0.25, 0.3) is 0 Å². The first-order chi connectivity index (χ1) is 15.1. The first-order valence-corrected chi connectivity index (χ1v) is 11.1. The van der Waals surface area contributed by atoms with Crippen molar-refractivity contribution in [3.63, 3.8) is 0 Å². The smallest absolute Gasteiger partial charge is 0.162 e. The lowest BCUT2D eigenvalue weighted by atomic mass is 9.93. The topological polar surface area (TPSA) is 63.1 Å². The second-order valence-electron chi connectivity index (χ2n) is 7.31. The molecule has 5 nitrogen and oxygen atoms in total. The number of hydrogen-bond acceptors (Lipinski definition) is 5. The molecule has 0 bridgehead atoms. The summed E-state index contributed by atoms with van der Waals surface area (Å²) in [6, 6.07) is 21.6. The summed E-state index contributed by atoms with van der Waals surface area (Å²) in [5.74, 6) is 1.48. The molecule has 1 heterocycles. The Morgan fingerprint density at radius 3 is 2.48 bits per heavy atom. The summed E-state index contributed by atoms with van der Waals surface area (Å²) in [6.07, 6.45) is 0.404. The maximum atomic E-state index is 10.9. The predicted molar refractivity (Wildman–Crippen MR) is 126 cm³/mol. The summed E-state index contributed by atoms with van der Waals surface area (Å²) >= 11 is 3.50. The molecule has 1 aliphatic rings. The number of phenols is 1. The summed E-state index contributed by atoms with van der Waals surface area (Å²) in [5.41, 5.74) is 3.86. The van der Waals surface area contributed by atoms with Gasteiger partial charge in [-0.2, -0.15) is 0 Å². The molecule has 4 rings (SSSR count). The van der Waals surface area contributed by atoms with Gasteiger partial charge in [0.1, 0.15) is 11.9 Å². The van der Waals surface area contributed by atoms with Gasteiger partial charge in [0, 0.05) is 28.2 Å². The van der Waals surface area contributed by atoms with E-state index in [2.05, 4.69) is 33.4 Å². The average molecular weight is 481 g/mol. The highest BCUT2D eigenvalue weighted by Gasteiger charge is 2.28. The molecule has 0 unspecified atom stereocenters. The van der Waals surface area contributed by atoms with Crippen molar-refractivity contribution in [2.75, 3.05) is 13.7 Å². The molecule has 0 amide bonds. The summed E-state index contributed by atoms with van der Waals surface area (Å²) < 4.78 is 11.9. The Kier molecular flexibility index (Phi) is 6.59. The Labute approximate surface area is 190 Å². The molecule has 160 valence electrons. The molecule has 2 N–H and O–H groups in total. The molecule has 0 aromatic heterocycles. The van der Waals surface area contributed by atoms with E-state index >= 15 is 0 Å². The summed E-state index contributed by atoms with van der Waals surface area (Å²) in [6.45, 7) is 2.40. The second kappa shape index (κ2) is 9.54. The number of para-hydroxylation sites is 1. The monoisotopic (exact) mass is 480 g/mol. The maximum Gasteiger partial charge on any atom is 0.162 e. The van der Waals surface area contributed by atoms with E-state index < -0.39 is 0 Å². The van der Waals surface area contributed by atoms with Crippen LogP contribution in [0.15, 0.2) is 76.2 Å². The fourth-order valence-corrected chi connectivity index (χ4v) is 4.04. The fraction of sp³-hybridized carbons (Fsp3) is 0.240. The van der Waals surface area contributed by atoms with E-state index in [1.54, 1.807) is 13.2 Å². The van der Waals surface area contributed by atoms with Gasteiger partial charge in [-0.25, -0.2) is 0 Å². The Balaban J connectivity index is 1.73. The quantitative estimate of drug-likeness (QED) is 0.468. The molecule has 1 aliphatic heterocycles. The third-order valence-electron chi connectivity index (χ3n) is 5.36. The zero-order valence-electron chi connectivity index (χ0n) is 17.5. The molecular formula is C25H25BrN2O3. The molecular weight excluding hydrogens is 456 g/mol. The molecule has 0 saturated heterocycles. The van der Waals surface area contributed by atoms with Crippen molar-refractivity contribution in [3.05, 3.63) is 87.9 Å². The number of ether oxygens (including phenoxy) is 2. The minimum Gasteiger partial charge on any atom is -0.504 e. The first kappa shape index (κ1) is 21.4. The number of methoxy groups -OCH3 is 1. The lowest BCUT2D eigenvalue weighted by molar-refractivity contribution is 0.313. The second-order valence-corrected chi connectivity index (χ2v) is 8.22. The van der Waals surface area contributed by atoms with Gasteiger partial charge >= 0.3 is 0 Å². The number of halogens is 1. The molecule has 0 spiro atoms. The van der Waals surface area contributed by atoms with Crippen LogP contribution in [0.4, 0.5) is 0 Å². The lowest BCUT2D eigenvalue weighted by Crippen LogP contribution is -2.33. The third kappa shape index (κ3) is 4.75. The number of nitrogens with one attached hydrogen (secondary N) is 1. The third-order valence-corrected chi connectivity index (χ3v) is 5.88. The van der Waals surface area contributed by atoms with E-state index in [-0.39, 0.29) is 18.0 Å². The van der Waals surface area contributed by atoms with Gasteiger partial charge in [-0.3, -0.25) is 10.3 Å². The zero-order valence-corrected chi connectivity index (χ0v) is 19.1. The summed E-state index contributed by atoms with van der Waals surface area (Å²) in [4.78, 5) is 5.01. The van der Waals surface area contributed by atoms with E-state index in [0.29, 0.717) is 18.8 Å². The Morgan fingerprint density at radius 2 is 1.81 bits per heavy atom. The molecule has 2 atom stereocenters. The standard InChI is InChI=1S/C25H25BrN2O3/c1-3-31-23-6-4-5-20(24(23)29)22-15-21(16-9-13-19(30-2)14-10-16)27-25(28-22)17-7-11-18(26)12-8-17/h4-14,22,25,28-29H,3,15H2,1-2H3/t22-,25-/m1/s1. The van der Waals surface area contributed by atoms with Crippen LogP contribution < -0.4 is 14.8 Å². The number of hydrogen-bond donors (Lipinski definition) is 2. The summed E-state index contributed by atoms with van der Waals surface area (Å²) in [7, 11) is 1.66. The van der Waals surface area contributed by atoms with Crippen LogP contribution in [0.2, 0.25) is 0 Å². The van der Waals surface area contributed by atoms with Crippen LogP contribution in [-0.4, -0.2) is 24.5 Å². The van der Waals surface area contributed by atoms with Gasteiger partial charge < -0.3 is 14.6 Å². The normalized spacial score (nSPS) is 18.4. The number of benzene rings is 3. The zero-order chi connectivity index (χ0) is 21.8. The first-order valence-electron chi connectivity index (χ1n) is 10.3. The van der Waals surface area contributed by atoms with Crippen LogP contribution in [0.3, 0.4) is 0 Å².